The number of rotatable bonds is 50. The zero-order valence-electron chi connectivity index (χ0n) is 42.7. The summed E-state index contributed by atoms with van der Waals surface area (Å²) in [5, 5.41) is 23.8. The molecular formula is C58H107NO5. The Hall–Kier alpha value is -2.18. The van der Waals surface area contributed by atoms with Crippen molar-refractivity contribution >= 4 is 11.9 Å². The Morgan fingerprint density at radius 3 is 1.25 bits per heavy atom. The van der Waals surface area contributed by atoms with Gasteiger partial charge in [0.05, 0.1) is 25.2 Å². The number of unbranched alkanes of at least 4 members (excludes halogenated alkanes) is 30. The van der Waals surface area contributed by atoms with Gasteiger partial charge in [-0.2, -0.15) is 0 Å². The van der Waals surface area contributed by atoms with E-state index in [9.17, 15) is 19.8 Å². The zero-order chi connectivity index (χ0) is 46.7. The lowest BCUT2D eigenvalue weighted by Crippen LogP contribution is -2.46. The van der Waals surface area contributed by atoms with E-state index >= 15 is 0 Å². The molecule has 0 aliphatic carbocycles. The molecule has 0 aliphatic rings. The van der Waals surface area contributed by atoms with Crippen LogP contribution in [0.15, 0.2) is 48.6 Å². The molecule has 0 bridgehead atoms. The summed E-state index contributed by atoms with van der Waals surface area (Å²) in [5.74, 6) is -0.499. The largest absolute Gasteiger partial charge is 0.462 e. The van der Waals surface area contributed by atoms with Crippen molar-refractivity contribution in [1.29, 1.82) is 0 Å². The standard InChI is InChI=1S/C58H107NO5/c1-4-7-10-13-16-19-22-25-27-28-30-33-36-39-42-45-48-51-58(63)64-54(49-46-43-40-37-34-32-29-26-23-20-17-14-11-8-5-2)52-57(62)59-55(53-60)56(61)50-47-44-41-38-35-31-24-21-18-15-12-9-6-3/h16,19,25-27,29-30,33,54-56,60-61H,4-15,17-18,20-24,28,31-32,34-53H2,1-3H3,(H,59,62)/b19-16-,27-25-,29-26+,33-30-. The molecule has 3 N–H and O–H groups in total. The third-order valence-corrected chi connectivity index (χ3v) is 12.6. The van der Waals surface area contributed by atoms with E-state index in [1.54, 1.807) is 0 Å². The van der Waals surface area contributed by atoms with E-state index in [4.69, 9.17) is 4.74 Å². The second kappa shape index (κ2) is 51.8. The molecule has 0 aromatic heterocycles. The molecule has 3 unspecified atom stereocenters. The predicted molar refractivity (Wildman–Crippen MR) is 278 cm³/mol. The molecule has 0 spiro atoms. The molecule has 3 atom stereocenters. The molecule has 0 fully saturated rings. The van der Waals surface area contributed by atoms with E-state index in [-0.39, 0.29) is 24.9 Å². The highest BCUT2D eigenvalue weighted by Gasteiger charge is 2.24. The monoisotopic (exact) mass is 898 g/mol. The van der Waals surface area contributed by atoms with Gasteiger partial charge in [-0.3, -0.25) is 9.59 Å². The van der Waals surface area contributed by atoms with E-state index in [1.807, 2.05) is 0 Å². The van der Waals surface area contributed by atoms with Gasteiger partial charge in [-0.15, -0.1) is 0 Å². The van der Waals surface area contributed by atoms with Crippen LogP contribution in [0.3, 0.4) is 0 Å². The van der Waals surface area contributed by atoms with Crippen molar-refractivity contribution in [2.75, 3.05) is 6.61 Å². The number of aliphatic hydroxyl groups excluding tert-OH is 2. The molecule has 374 valence electrons. The van der Waals surface area contributed by atoms with Gasteiger partial charge in [0.2, 0.25) is 5.91 Å². The minimum absolute atomic E-state index is 0.0639. The normalized spacial score (nSPS) is 13.5. The first-order valence-electron chi connectivity index (χ1n) is 27.9. The summed E-state index contributed by atoms with van der Waals surface area (Å²) < 4.78 is 5.94. The quantitative estimate of drug-likeness (QED) is 0.0321. The highest BCUT2D eigenvalue weighted by Crippen LogP contribution is 2.18. The molecular weight excluding hydrogens is 791 g/mol. The Morgan fingerprint density at radius 2 is 0.797 bits per heavy atom. The van der Waals surface area contributed by atoms with Crippen LogP contribution in [0, 0.1) is 0 Å². The van der Waals surface area contributed by atoms with Crippen LogP contribution in [0.5, 0.6) is 0 Å². The van der Waals surface area contributed by atoms with Gasteiger partial charge >= 0.3 is 5.97 Å². The molecule has 6 nitrogen and oxygen atoms in total. The van der Waals surface area contributed by atoms with Crippen molar-refractivity contribution in [3.63, 3.8) is 0 Å². The minimum Gasteiger partial charge on any atom is -0.462 e. The lowest BCUT2D eigenvalue weighted by molar-refractivity contribution is -0.151. The summed E-state index contributed by atoms with van der Waals surface area (Å²) in [6.45, 7) is 6.46. The Balaban J connectivity index is 4.61. The Morgan fingerprint density at radius 1 is 0.453 bits per heavy atom. The van der Waals surface area contributed by atoms with E-state index in [2.05, 4.69) is 74.7 Å². The van der Waals surface area contributed by atoms with Gasteiger partial charge in [-0.25, -0.2) is 0 Å². The maximum absolute atomic E-state index is 13.2. The molecule has 1 amide bonds. The van der Waals surface area contributed by atoms with E-state index in [0.717, 1.165) is 89.9 Å². The number of ether oxygens (including phenoxy) is 1. The molecule has 0 heterocycles. The fraction of sp³-hybridized carbons (Fsp3) is 0.828. The number of esters is 1. The van der Waals surface area contributed by atoms with Gasteiger partial charge in [-0.1, -0.05) is 230 Å². The van der Waals surface area contributed by atoms with Crippen LogP contribution in [0.1, 0.15) is 284 Å². The Kier molecular flexibility index (Phi) is 50.0. The van der Waals surface area contributed by atoms with Gasteiger partial charge in [0.1, 0.15) is 6.10 Å². The van der Waals surface area contributed by atoms with Crippen molar-refractivity contribution < 1.29 is 24.5 Å². The van der Waals surface area contributed by atoms with Crippen molar-refractivity contribution in [2.24, 2.45) is 0 Å². The molecule has 0 aliphatic heterocycles. The maximum atomic E-state index is 13.2. The van der Waals surface area contributed by atoms with E-state index in [0.29, 0.717) is 19.3 Å². The maximum Gasteiger partial charge on any atom is 0.306 e. The molecule has 0 saturated heterocycles. The van der Waals surface area contributed by atoms with Crippen molar-refractivity contribution in [3.8, 4) is 0 Å². The third kappa shape index (κ3) is 46.4. The molecule has 0 aromatic rings. The highest BCUT2D eigenvalue weighted by atomic mass is 16.5. The third-order valence-electron chi connectivity index (χ3n) is 12.6. The van der Waals surface area contributed by atoms with Crippen molar-refractivity contribution in [3.05, 3.63) is 48.6 Å². The molecule has 0 saturated carbocycles. The molecule has 64 heavy (non-hydrogen) atoms. The van der Waals surface area contributed by atoms with E-state index in [1.165, 1.54) is 148 Å². The first-order chi connectivity index (χ1) is 31.5. The van der Waals surface area contributed by atoms with Crippen LogP contribution in [-0.4, -0.2) is 46.9 Å². The Bertz CT molecular complexity index is 1100. The fourth-order valence-corrected chi connectivity index (χ4v) is 8.37. The van der Waals surface area contributed by atoms with Crippen molar-refractivity contribution in [2.45, 2.75) is 302 Å². The second-order valence-electron chi connectivity index (χ2n) is 19.0. The second-order valence-corrected chi connectivity index (χ2v) is 19.0. The predicted octanol–water partition coefficient (Wildman–Crippen LogP) is 17.0. The minimum atomic E-state index is -0.794. The number of carbonyl (C=O) groups excluding carboxylic acids is 2. The highest BCUT2D eigenvalue weighted by molar-refractivity contribution is 5.77. The number of carbonyl (C=O) groups is 2. The number of allylic oxidation sites excluding steroid dienone is 8. The fourth-order valence-electron chi connectivity index (χ4n) is 8.37. The molecule has 0 radical (unpaired) electrons. The first kappa shape index (κ1) is 61.8. The van der Waals surface area contributed by atoms with Gasteiger partial charge < -0.3 is 20.3 Å². The molecule has 0 aromatic carbocycles. The summed E-state index contributed by atoms with van der Waals surface area (Å²) in [6.07, 6.45) is 63.1. The van der Waals surface area contributed by atoms with Crippen LogP contribution in [0.25, 0.3) is 0 Å². The lowest BCUT2D eigenvalue weighted by Gasteiger charge is -2.24. The summed E-state index contributed by atoms with van der Waals surface area (Å²) in [5.41, 5.74) is 0. The topological polar surface area (TPSA) is 95.9 Å². The van der Waals surface area contributed by atoms with Crippen LogP contribution in [0.4, 0.5) is 0 Å². The average Bonchev–Trinajstić information content (AvgIpc) is 3.29. The Labute approximate surface area is 397 Å². The number of amides is 1. The van der Waals surface area contributed by atoms with Gasteiger partial charge in [0, 0.05) is 6.42 Å². The zero-order valence-corrected chi connectivity index (χ0v) is 42.7. The summed E-state index contributed by atoms with van der Waals surface area (Å²) in [7, 11) is 0. The van der Waals surface area contributed by atoms with E-state index < -0.39 is 18.2 Å². The van der Waals surface area contributed by atoms with Crippen LogP contribution >= 0.6 is 0 Å². The van der Waals surface area contributed by atoms with Crippen LogP contribution < -0.4 is 5.32 Å². The summed E-state index contributed by atoms with van der Waals surface area (Å²) in [6, 6.07) is -0.709. The van der Waals surface area contributed by atoms with Gasteiger partial charge in [-0.05, 0) is 89.9 Å². The molecule has 6 heteroatoms. The summed E-state index contributed by atoms with van der Waals surface area (Å²) in [4.78, 5) is 26.2. The summed E-state index contributed by atoms with van der Waals surface area (Å²) >= 11 is 0. The number of hydrogen-bond acceptors (Lipinski definition) is 5. The van der Waals surface area contributed by atoms with Crippen molar-refractivity contribution in [1.82, 2.24) is 5.32 Å². The van der Waals surface area contributed by atoms with Gasteiger partial charge in [0.25, 0.3) is 0 Å². The number of hydrogen-bond donors (Lipinski definition) is 3. The number of aliphatic hydroxyl groups is 2. The van der Waals surface area contributed by atoms with Crippen LogP contribution in [0.2, 0.25) is 0 Å². The average molecular weight is 898 g/mol. The smallest absolute Gasteiger partial charge is 0.306 e. The molecule has 0 rings (SSSR count). The van der Waals surface area contributed by atoms with Crippen LogP contribution in [-0.2, 0) is 14.3 Å². The lowest BCUT2D eigenvalue weighted by atomic mass is 10.0. The first-order valence-corrected chi connectivity index (χ1v) is 27.9. The SMILES string of the molecule is CCCCC/C=C\C/C=C\C/C=C\CCCCCCC(=O)OC(CCCCCCC/C=C/CCCCCCCC)CC(=O)NC(CO)C(O)CCCCCCCCCCCCCCC. The number of nitrogens with one attached hydrogen (secondary N) is 1. The van der Waals surface area contributed by atoms with Gasteiger partial charge in [0.15, 0.2) is 0 Å².